The quantitative estimate of drug-likeness (QED) is 0.789. The maximum Gasteiger partial charge on any atom is 0.261 e. The number of carbonyl (C=O) groups excluding carboxylic acids is 1. The van der Waals surface area contributed by atoms with Gasteiger partial charge >= 0.3 is 0 Å². The number of carbonyl (C=O) groups is 1. The molecule has 0 spiro atoms. The van der Waals surface area contributed by atoms with E-state index in [1.807, 2.05) is 63.2 Å². The van der Waals surface area contributed by atoms with Crippen molar-refractivity contribution in [2.75, 3.05) is 5.01 Å². The van der Waals surface area contributed by atoms with E-state index in [-0.39, 0.29) is 5.91 Å². The first-order valence-corrected chi connectivity index (χ1v) is 7.61. The van der Waals surface area contributed by atoms with Gasteiger partial charge in [-0.3, -0.25) is 9.79 Å². The number of aliphatic imine (C=N–C) groups is 1. The molecule has 4 nitrogen and oxygen atoms in total. The summed E-state index contributed by atoms with van der Waals surface area (Å²) in [4.78, 5) is 17.1. The van der Waals surface area contributed by atoms with Crippen molar-refractivity contribution in [2.24, 2.45) is 16.0 Å². The first-order chi connectivity index (χ1) is 11.0. The molecule has 116 valence electrons. The lowest BCUT2D eigenvalue weighted by atomic mass is 10.1. The van der Waals surface area contributed by atoms with Crippen LogP contribution in [0.3, 0.4) is 0 Å². The van der Waals surface area contributed by atoms with E-state index < -0.39 is 5.92 Å². The molecule has 1 aliphatic heterocycles. The molecule has 0 N–H and O–H groups in total. The van der Waals surface area contributed by atoms with Gasteiger partial charge in [0.2, 0.25) is 0 Å². The van der Waals surface area contributed by atoms with Crippen LogP contribution in [0.15, 0.2) is 58.6 Å². The van der Waals surface area contributed by atoms with Crippen LogP contribution in [0.5, 0.6) is 0 Å². The second-order valence-corrected chi connectivity index (χ2v) is 5.83. The van der Waals surface area contributed by atoms with E-state index >= 15 is 0 Å². The Morgan fingerprint density at radius 2 is 1.70 bits per heavy atom. The molecule has 1 amide bonds. The van der Waals surface area contributed by atoms with Gasteiger partial charge in [0.1, 0.15) is 5.92 Å². The molecular formula is C19H19N3O. The molecule has 23 heavy (non-hydrogen) atoms. The van der Waals surface area contributed by atoms with Crippen LogP contribution in [0.25, 0.3) is 0 Å². The summed E-state index contributed by atoms with van der Waals surface area (Å²) in [5, 5.41) is 5.83. The second kappa shape index (κ2) is 6.16. The highest BCUT2D eigenvalue weighted by Gasteiger charge is 2.33. The fourth-order valence-electron chi connectivity index (χ4n) is 2.69. The summed E-state index contributed by atoms with van der Waals surface area (Å²) in [6.07, 6.45) is 1.69. The van der Waals surface area contributed by atoms with Crippen molar-refractivity contribution in [3.63, 3.8) is 0 Å². The molecular weight excluding hydrogens is 286 g/mol. The first kappa shape index (κ1) is 15.2. The summed E-state index contributed by atoms with van der Waals surface area (Å²) in [6.45, 7) is 5.94. The van der Waals surface area contributed by atoms with E-state index in [1.165, 1.54) is 5.01 Å². The number of hydrogen-bond acceptors (Lipinski definition) is 3. The largest absolute Gasteiger partial charge is 0.271 e. The molecule has 0 aromatic heterocycles. The number of hydrazone groups is 1. The number of hydrogen-bond donors (Lipinski definition) is 0. The molecule has 0 saturated heterocycles. The Kier molecular flexibility index (Phi) is 4.06. The lowest BCUT2D eigenvalue weighted by Crippen LogP contribution is -2.27. The van der Waals surface area contributed by atoms with Crippen molar-refractivity contribution in [1.29, 1.82) is 0 Å². The van der Waals surface area contributed by atoms with Crippen LogP contribution in [0.2, 0.25) is 0 Å². The first-order valence-electron chi connectivity index (χ1n) is 7.61. The maximum atomic E-state index is 12.6. The van der Waals surface area contributed by atoms with Crippen molar-refractivity contribution >= 4 is 29.2 Å². The molecule has 1 atom stereocenters. The topological polar surface area (TPSA) is 45.0 Å². The molecule has 0 unspecified atom stereocenters. The van der Waals surface area contributed by atoms with Gasteiger partial charge in [-0.15, -0.1) is 0 Å². The second-order valence-electron chi connectivity index (χ2n) is 5.83. The molecule has 3 rings (SSSR count). The third kappa shape index (κ3) is 3.21. The molecule has 0 bridgehead atoms. The van der Waals surface area contributed by atoms with Gasteiger partial charge in [-0.05, 0) is 56.2 Å². The van der Waals surface area contributed by atoms with Gasteiger partial charge in [0, 0.05) is 6.21 Å². The van der Waals surface area contributed by atoms with Gasteiger partial charge in [0.05, 0.1) is 17.1 Å². The van der Waals surface area contributed by atoms with Crippen LogP contribution < -0.4 is 5.01 Å². The third-order valence-corrected chi connectivity index (χ3v) is 3.76. The number of anilines is 1. The minimum Gasteiger partial charge on any atom is -0.271 e. The fraction of sp³-hybridized carbons (Fsp3) is 0.211. The SMILES string of the molecule is CC1=NN(c2ccccc2)C(=O)[C@H]1C=Nc1cc(C)cc(C)c1. The molecule has 0 radical (unpaired) electrons. The maximum absolute atomic E-state index is 12.6. The van der Waals surface area contributed by atoms with Crippen LogP contribution in [0.1, 0.15) is 18.1 Å². The standard InChI is InChI=1S/C19H19N3O/c1-13-9-14(2)11-16(10-13)20-12-18-15(3)21-22(19(18)23)17-7-5-4-6-8-17/h4-12,18H,1-3H3/t18-/m0/s1. The highest BCUT2D eigenvalue weighted by Crippen LogP contribution is 2.24. The van der Waals surface area contributed by atoms with Crippen molar-refractivity contribution in [1.82, 2.24) is 0 Å². The number of amides is 1. The van der Waals surface area contributed by atoms with E-state index in [1.54, 1.807) is 6.21 Å². The van der Waals surface area contributed by atoms with E-state index in [9.17, 15) is 4.79 Å². The summed E-state index contributed by atoms with van der Waals surface area (Å²) in [5.41, 5.74) is 4.71. The van der Waals surface area contributed by atoms with Gasteiger partial charge < -0.3 is 0 Å². The number of aryl methyl sites for hydroxylation is 2. The van der Waals surface area contributed by atoms with E-state index in [0.717, 1.165) is 28.2 Å². The number of para-hydroxylation sites is 1. The number of rotatable bonds is 3. The van der Waals surface area contributed by atoms with Crippen LogP contribution >= 0.6 is 0 Å². The highest BCUT2D eigenvalue weighted by molar-refractivity contribution is 6.23. The van der Waals surface area contributed by atoms with Gasteiger partial charge in [-0.2, -0.15) is 10.1 Å². The lowest BCUT2D eigenvalue weighted by Gasteiger charge is -2.12. The molecule has 4 heteroatoms. The summed E-state index contributed by atoms with van der Waals surface area (Å²) in [7, 11) is 0. The van der Waals surface area contributed by atoms with Crippen molar-refractivity contribution in [2.45, 2.75) is 20.8 Å². The fourth-order valence-corrected chi connectivity index (χ4v) is 2.69. The zero-order valence-electron chi connectivity index (χ0n) is 13.5. The third-order valence-electron chi connectivity index (χ3n) is 3.76. The Balaban J connectivity index is 1.83. The summed E-state index contributed by atoms with van der Waals surface area (Å²) >= 11 is 0. The van der Waals surface area contributed by atoms with Crippen LogP contribution in [-0.4, -0.2) is 17.8 Å². The summed E-state index contributed by atoms with van der Waals surface area (Å²) < 4.78 is 0. The van der Waals surface area contributed by atoms with Gasteiger partial charge in [0.25, 0.3) is 5.91 Å². The van der Waals surface area contributed by atoms with E-state index in [4.69, 9.17) is 0 Å². The Morgan fingerprint density at radius 1 is 1.04 bits per heavy atom. The smallest absolute Gasteiger partial charge is 0.261 e. The molecule has 0 aliphatic carbocycles. The molecule has 2 aromatic carbocycles. The zero-order chi connectivity index (χ0) is 16.4. The average molecular weight is 305 g/mol. The molecule has 1 heterocycles. The molecule has 1 aliphatic rings. The predicted molar refractivity (Wildman–Crippen MR) is 94.6 cm³/mol. The van der Waals surface area contributed by atoms with Gasteiger partial charge in [0.15, 0.2) is 0 Å². The van der Waals surface area contributed by atoms with Crippen LogP contribution in [0, 0.1) is 19.8 Å². The lowest BCUT2D eigenvalue weighted by molar-refractivity contribution is -0.118. The average Bonchev–Trinajstić information content (AvgIpc) is 2.80. The van der Waals surface area contributed by atoms with Crippen LogP contribution in [-0.2, 0) is 4.79 Å². The molecule has 0 saturated carbocycles. The number of nitrogens with zero attached hydrogens (tertiary/aromatic N) is 3. The Hall–Kier alpha value is -2.75. The minimum atomic E-state index is -0.406. The van der Waals surface area contributed by atoms with Crippen LogP contribution in [0.4, 0.5) is 11.4 Å². The Bertz CT molecular complexity index is 773. The number of benzene rings is 2. The van der Waals surface area contributed by atoms with Gasteiger partial charge in [-0.25, -0.2) is 0 Å². The van der Waals surface area contributed by atoms with Gasteiger partial charge in [-0.1, -0.05) is 24.3 Å². The van der Waals surface area contributed by atoms with E-state index in [0.29, 0.717) is 0 Å². The summed E-state index contributed by atoms with van der Waals surface area (Å²) in [6, 6.07) is 15.6. The Labute approximate surface area is 136 Å². The van der Waals surface area contributed by atoms with Crippen molar-refractivity contribution in [3.05, 3.63) is 59.7 Å². The Morgan fingerprint density at radius 3 is 2.35 bits per heavy atom. The van der Waals surface area contributed by atoms with E-state index in [2.05, 4.69) is 16.2 Å². The molecule has 0 fully saturated rings. The normalized spacial score (nSPS) is 17.9. The monoisotopic (exact) mass is 305 g/mol. The minimum absolute atomic E-state index is 0.0678. The summed E-state index contributed by atoms with van der Waals surface area (Å²) in [5.74, 6) is -0.474. The molecule has 2 aromatic rings. The predicted octanol–water partition coefficient (Wildman–Crippen LogP) is 4.04. The zero-order valence-corrected chi connectivity index (χ0v) is 13.5. The highest BCUT2D eigenvalue weighted by atomic mass is 16.2. The van der Waals surface area contributed by atoms with Crippen molar-refractivity contribution < 1.29 is 4.79 Å². The van der Waals surface area contributed by atoms with Crippen molar-refractivity contribution in [3.8, 4) is 0 Å².